The van der Waals surface area contributed by atoms with Crippen LogP contribution < -0.4 is 5.76 Å². The average molecular weight is 419 g/mol. The highest BCUT2D eigenvalue weighted by atomic mass is 16.4. The summed E-state index contributed by atoms with van der Waals surface area (Å²) >= 11 is 0. The van der Waals surface area contributed by atoms with Gasteiger partial charge in [0, 0.05) is 12.8 Å². The van der Waals surface area contributed by atoms with E-state index in [1.807, 2.05) is 25.2 Å². The summed E-state index contributed by atoms with van der Waals surface area (Å²) in [4.78, 5) is 18.6. The van der Waals surface area contributed by atoms with Crippen LogP contribution in [0.5, 0.6) is 0 Å². The highest BCUT2D eigenvalue weighted by Crippen LogP contribution is 2.32. The maximum atomic E-state index is 11.4. The molecule has 1 aliphatic carbocycles. The van der Waals surface area contributed by atoms with Crippen molar-refractivity contribution < 1.29 is 4.42 Å². The number of nitrogens with one attached hydrogen (secondary N) is 1. The monoisotopic (exact) mass is 418 g/mol. The molecule has 3 aromatic rings. The Morgan fingerprint density at radius 3 is 2.68 bits per heavy atom. The van der Waals surface area contributed by atoms with Crippen LogP contribution >= 0.6 is 0 Å². The van der Waals surface area contributed by atoms with Crippen molar-refractivity contribution in [1.82, 2.24) is 4.98 Å². The molecule has 1 N–H and O–H groups in total. The number of oxazole rings is 1. The second-order valence-electron chi connectivity index (χ2n) is 9.07. The molecule has 2 aromatic carbocycles. The number of rotatable bonds is 8. The molecule has 0 bridgehead atoms. The minimum absolute atomic E-state index is 0.406. The van der Waals surface area contributed by atoms with Gasteiger partial charge >= 0.3 is 5.76 Å². The van der Waals surface area contributed by atoms with Gasteiger partial charge in [-0.15, -0.1) is 0 Å². The minimum atomic E-state index is -0.406. The maximum Gasteiger partial charge on any atom is 0.417 e. The van der Waals surface area contributed by atoms with E-state index in [-0.39, 0.29) is 0 Å². The van der Waals surface area contributed by atoms with Gasteiger partial charge in [0.05, 0.1) is 5.52 Å². The van der Waals surface area contributed by atoms with Crippen molar-refractivity contribution in [2.45, 2.75) is 64.2 Å². The Labute approximate surface area is 184 Å². The first-order valence-electron chi connectivity index (χ1n) is 11.8. The van der Waals surface area contributed by atoms with Crippen LogP contribution in [0.2, 0.25) is 0 Å². The first-order valence-corrected chi connectivity index (χ1v) is 11.8. The van der Waals surface area contributed by atoms with Gasteiger partial charge in [-0.3, -0.25) is 9.98 Å². The lowest BCUT2D eigenvalue weighted by Crippen LogP contribution is -2.04. The molecule has 0 amide bonds. The maximum absolute atomic E-state index is 11.4. The number of hydrogen-bond donors (Lipinski definition) is 1. The van der Waals surface area contributed by atoms with Crippen LogP contribution in [-0.2, 0) is 6.42 Å². The lowest BCUT2D eigenvalue weighted by Gasteiger charge is -2.15. The predicted molar refractivity (Wildman–Crippen MR) is 128 cm³/mol. The highest BCUT2D eigenvalue weighted by Gasteiger charge is 2.19. The summed E-state index contributed by atoms with van der Waals surface area (Å²) in [5, 5.41) is 0. The number of unbranched alkanes of at least 4 members (excludes halogenated alkanes) is 1. The van der Waals surface area contributed by atoms with Crippen LogP contribution in [0.3, 0.4) is 0 Å². The summed E-state index contributed by atoms with van der Waals surface area (Å²) in [7, 11) is 1.85. The highest BCUT2D eigenvalue weighted by molar-refractivity contribution is 6.02. The SMILES string of the molecule is CN=C(CCCCC1CCCC(Cc2ccccc2)CC1)c1ccc2[nH]c(=O)oc2c1. The van der Waals surface area contributed by atoms with Crippen molar-refractivity contribution in [3.05, 3.63) is 70.2 Å². The van der Waals surface area contributed by atoms with Crippen LogP contribution in [0.25, 0.3) is 11.1 Å². The van der Waals surface area contributed by atoms with Gasteiger partial charge in [0.2, 0.25) is 0 Å². The van der Waals surface area contributed by atoms with Crippen LogP contribution in [0.1, 0.15) is 68.9 Å². The molecule has 0 saturated heterocycles. The fourth-order valence-electron chi connectivity index (χ4n) is 5.13. The van der Waals surface area contributed by atoms with Crippen LogP contribution in [0.4, 0.5) is 0 Å². The van der Waals surface area contributed by atoms with Gasteiger partial charge in [-0.2, -0.15) is 0 Å². The van der Waals surface area contributed by atoms with E-state index < -0.39 is 5.76 Å². The first-order chi connectivity index (χ1) is 15.2. The molecular weight excluding hydrogens is 384 g/mol. The third-order valence-electron chi connectivity index (χ3n) is 6.88. The third-order valence-corrected chi connectivity index (χ3v) is 6.88. The number of fused-ring (bicyclic) bond motifs is 1. The molecule has 4 nitrogen and oxygen atoms in total. The van der Waals surface area contributed by atoms with Gasteiger partial charge in [-0.1, -0.05) is 74.9 Å². The summed E-state index contributed by atoms with van der Waals surface area (Å²) in [5.41, 5.74) is 4.98. The minimum Gasteiger partial charge on any atom is -0.408 e. The Hall–Kier alpha value is -2.62. The van der Waals surface area contributed by atoms with E-state index >= 15 is 0 Å². The molecule has 0 spiro atoms. The lowest BCUT2D eigenvalue weighted by atomic mass is 9.90. The van der Waals surface area contributed by atoms with Crippen molar-refractivity contribution >= 4 is 16.8 Å². The molecular formula is C27H34N2O2. The van der Waals surface area contributed by atoms with Crippen molar-refractivity contribution in [2.75, 3.05) is 7.05 Å². The summed E-state index contributed by atoms with van der Waals surface area (Å²) in [5.74, 6) is 1.33. The second-order valence-corrected chi connectivity index (χ2v) is 9.07. The molecule has 164 valence electrons. The molecule has 0 aliphatic heterocycles. The standard InChI is InChI=1S/C27H34N2O2/c1-28-24(23-16-17-25-26(19-23)31-27(30)29-25)13-6-5-8-20-11-7-12-22(15-14-20)18-21-9-3-2-4-10-21/h2-4,9-10,16-17,19-20,22H,5-8,11-15,18H2,1H3,(H,29,30). The normalized spacial score (nSPS) is 20.1. The zero-order valence-electron chi connectivity index (χ0n) is 18.6. The summed E-state index contributed by atoms with van der Waals surface area (Å²) in [6, 6.07) is 16.8. The quantitative estimate of drug-likeness (QED) is 0.256. The molecule has 1 heterocycles. The Bertz CT molecular complexity index is 1050. The second kappa shape index (κ2) is 10.6. The van der Waals surface area contributed by atoms with E-state index in [4.69, 9.17) is 4.42 Å². The molecule has 2 unspecified atom stereocenters. The van der Waals surface area contributed by atoms with E-state index in [1.54, 1.807) is 0 Å². The van der Waals surface area contributed by atoms with Gasteiger partial charge in [-0.05, 0) is 60.8 Å². The van der Waals surface area contributed by atoms with E-state index in [2.05, 4.69) is 40.3 Å². The molecule has 4 rings (SSSR count). The number of aliphatic imine (C=N–C) groups is 1. The van der Waals surface area contributed by atoms with Gasteiger partial charge in [0.15, 0.2) is 5.58 Å². The Balaban J connectivity index is 1.22. The van der Waals surface area contributed by atoms with E-state index in [1.165, 1.54) is 56.9 Å². The predicted octanol–water partition coefficient (Wildman–Crippen LogP) is 6.54. The number of aromatic nitrogens is 1. The van der Waals surface area contributed by atoms with Gasteiger partial charge in [0.25, 0.3) is 0 Å². The molecule has 0 radical (unpaired) electrons. The van der Waals surface area contributed by atoms with E-state index in [0.717, 1.165) is 41.5 Å². The van der Waals surface area contributed by atoms with Crippen molar-refractivity contribution in [1.29, 1.82) is 0 Å². The van der Waals surface area contributed by atoms with Crippen molar-refractivity contribution in [3.63, 3.8) is 0 Å². The first kappa shape index (κ1) is 21.6. The number of nitrogens with zero attached hydrogens (tertiary/aromatic N) is 1. The fourth-order valence-corrected chi connectivity index (χ4v) is 5.13. The van der Waals surface area contributed by atoms with Crippen molar-refractivity contribution in [2.24, 2.45) is 16.8 Å². The van der Waals surface area contributed by atoms with Gasteiger partial charge in [0.1, 0.15) is 0 Å². The summed E-state index contributed by atoms with van der Waals surface area (Å²) < 4.78 is 5.20. The molecule has 1 aliphatic rings. The Morgan fingerprint density at radius 2 is 1.84 bits per heavy atom. The zero-order chi connectivity index (χ0) is 21.5. The van der Waals surface area contributed by atoms with Gasteiger partial charge < -0.3 is 4.42 Å². The number of benzene rings is 2. The molecule has 1 fully saturated rings. The Kier molecular flexibility index (Phi) is 7.39. The fraction of sp³-hybridized carbons (Fsp3) is 0.481. The lowest BCUT2D eigenvalue weighted by molar-refractivity contribution is 0.397. The molecule has 4 heteroatoms. The molecule has 1 saturated carbocycles. The van der Waals surface area contributed by atoms with E-state index in [9.17, 15) is 4.79 Å². The molecule has 2 atom stereocenters. The number of H-pyrrole nitrogens is 1. The zero-order valence-corrected chi connectivity index (χ0v) is 18.6. The topological polar surface area (TPSA) is 58.4 Å². The van der Waals surface area contributed by atoms with E-state index in [0.29, 0.717) is 5.58 Å². The molecule has 1 aromatic heterocycles. The average Bonchev–Trinajstić information content (AvgIpc) is 3.02. The third kappa shape index (κ3) is 5.96. The number of hydrogen-bond acceptors (Lipinski definition) is 3. The summed E-state index contributed by atoms with van der Waals surface area (Å²) in [6.07, 6.45) is 12.9. The summed E-state index contributed by atoms with van der Waals surface area (Å²) in [6.45, 7) is 0. The smallest absolute Gasteiger partial charge is 0.408 e. The largest absolute Gasteiger partial charge is 0.417 e. The van der Waals surface area contributed by atoms with Crippen LogP contribution in [0.15, 0.2) is 62.7 Å². The van der Waals surface area contributed by atoms with Gasteiger partial charge in [-0.25, -0.2) is 4.79 Å². The van der Waals surface area contributed by atoms with Crippen LogP contribution in [-0.4, -0.2) is 17.7 Å². The van der Waals surface area contributed by atoms with Crippen LogP contribution in [0, 0.1) is 11.8 Å². The Morgan fingerprint density at radius 1 is 1.03 bits per heavy atom. The molecule has 31 heavy (non-hydrogen) atoms. The van der Waals surface area contributed by atoms with Crippen molar-refractivity contribution in [3.8, 4) is 0 Å². The number of aromatic amines is 1.